The highest BCUT2D eigenvalue weighted by atomic mass is 35.5. The summed E-state index contributed by atoms with van der Waals surface area (Å²) in [5.41, 5.74) is 1.57. The number of anilines is 1. The largest absolute Gasteiger partial charge is 0.387 e. The lowest BCUT2D eigenvalue weighted by molar-refractivity contribution is 0.191. The minimum atomic E-state index is -0.716. The summed E-state index contributed by atoms with van der Waals surface area (Å²) in [5, 5.41) is 14.2. The van der Waals surface area contributed by atoms with Gasteiger partial charge in [0, 0.05) is 27.8 Å². The fourth-order valence-corrected chi connectivity index (χ4v) is 2.26. The number of aryl methyl sites for hydroxylation is 1. The van der Waals surface area contributed by atoms with E-state index in [1.54, 1.807) is 18.2 Å². The standard InChI is InChI=1S/C14H14Cl2N2O/c1-9-3-2-4-14(18-9)17-8-13(19)11-6-5-10(15)7-12(11)16/h2-7,13,19H,8H2,1H3,(H,17,18). The van der Waals surface area contributed by atoms with Gasteiger partial charge in [-0.15, -0.1) is 0 Å². The summed E-state index contributed by atoms with van der Waals surface area (Å²) in [6.45, 7) is 2.25. The third kappa shape index (κ3) is 3.83. The number of hydrogen-bond donors (Lipinski definition) is 2. The van der Waals surface area contributed by atoms with Crippen LogP contribution < -0.4 is 5.32 Å². The fourth-order valence-electron chi connectivity index (χ4n) is 1.72. The van der Waals surface area contributed by atoms with Crippen LogP contribution in [0, 0.1) is 6.92 Å². The van der Waals surface area contributed by atoms with E-state index < -0.39 is 6.10 Å². The molecular formula is C14H14Cl2N2O. The summed E-state index contributed by atoms with van der Waals surface area (Å²) < 4.78 is 0. The number of pyridine rings is 1. The van der Waals surface area contributed by atoms with E-state index >= 15 is 0 Å². The maximum Gasteiger partial charge on any atom is 0.126 e. The Morgan fingerprint density at radius 3 is 2.74 bits per heavy atom. The van der Waals surface area contributed by atoms with E-state index in [-0.39, 0.29) is 0 Å². The van der Waals surface area contributed by atoms with Gasteiger partial charge in [0.15, 0.2) is 0 Å². The quantitative estimate of drug-likeness (QED) is 0.901. The number of aromatic nitrogens is 1. The van der Waals surface area contributed by atoms with Crippen molar-refractivity contribution in [2.45, 2.75) is 13.0 Å². The molecule has 5 heteroatoms. The summed E-state index contributed by atoms with van der Waals surface area (Å²) in [4.78, 5) is 4.30. The number of benzene rings is 1. The van der Waals surface area contributed by atoms with Crippen molar-refractivity contribution >= 4 is 29.0 Å². The lowest BCUT2D eigenvalue weighted by Crippen LogP contribution is -2.13. The van der Waals surface area contributed by atoms with Crippen LogP contribution >= 0.6 is 23.2 Å². The van der Waals surface area contributed by atoms with E-state index in [0.29, 0.717) is 22.2 Å². The van der Waals surface area contributed by atoms with Crippen LogP contribution in [0.2, 0.25) is 10.0 Å². The molecule has 2 aromatic rings. The van der Waals surface area contributed by atoms with Gasteiger partial charge in [0.25, 0.3) is 0 Å². The molecular weight excluding hydrogens is 283 g/mol. The first kappa shape index (κ1) is 14.1. The van der Waals surface area contributed by atoms with Gasteiger partial charge in [-0.2, -0.15) is 0 Å². The normalized spacial score (nSPS) is 12.2. The van der Waals surface area contributed by atoms with Crippen molar-refractivity contribution in [1.29, 1.82) is 0 Å². The molecule has 0 fully saturated rings. The van der Waals surface area contributed by atoms with Crippen molar-refractivity contribution in [1.82, 2.24) is 4.98 Å². The number of rotatable bonds is 4. The minimum Gasteiger partial charge on any atom is -0.387 e. The third-order valence-electron chi connectivity index (χ3n) is 2.69. The Kier molecular flexibility index (Phi) is 4.64. The molecule has 0 bridgehead atoms. The molecule has 1 heterocycles. The van der Waals surface area contributed by atoms with E-state index in [9.17, 15) is 5.11 Å². The van der Waals surface area contributed by atoms with E-state index in [2.05, 4.69) is 10.3 Å². The van der Waals surface area contributed by atoms with Gasteiger partial charge in [0.05, 0.1) is 6.10 Å². The number of halogens is 2. The Morgan fingerprint density at radius 2 is 2.05 bits per heavy atom. The van der Waals surface area contributed by atoms with Gasteiger partial charge in [0.2, 0.25) is 0 Å². The summed E-state index contributed by atoms with van der Waals surface area (Å²) in [5.74, 6) is 0.726. The molecule has 0 saturated heterocycles. The van der Waals surface area contributed by atoms with Crippen LogP contribution in [0.15, 0.2) is 36.4 Å². The zero-order valence-corrected chi connectivity index (χ0v) is 11.9. The van der Waals surface area contributed by atoms with Gasteiger partial charge in [-0.05, 0) is 31.2 Å². The molecule has 100 valence electrons. The molecule has 1 aromatic carbocycles. The highest BCUT2D eigenvalue weighted by Crippen LogP contribution is 2.26. The van der Waals surface area contributed by atoms with Crippen LogP contribution in [0.4, 0.5) is 5.82 Å². The van der Waals surface area contributed by atoms with E-state index in [0.717, 1.165) is 11.5 Å². The molecule has 0 saturated carbocycles. The average molecular weight is 297 g/mol. The van der Waals surface area contributed by atoms with Crippen molar-refractivity contribution in [2.24, 2.45) is 0 Å². The maximum atomic E-state index is 10.1. The van der Waals surface area contributed by atoms with Gasteiger partial charge >= 0.3 is 0 Å². The molecule has 3 nitrogen and oxygen atoms in total. The molecule has 1 atom stereocenters. The lowest BCUT2D eigenvalue weighted by Gasteiger charge is -2.14. The number of nitrogens with zero attached hydrogens (tertiary/aromatic N) is 1. The summed E-state index contributed by atoms with van der Waals surface area (Å²) in [6.07, 6.45) is -0.716. The number of aliphatic hydroxyl groups is 1. The monoisotopic (exact) mass is 296 g/mol. The van der Waals surface area contributed by atoms with Crippen molar-refractivity contribution in [3.63, 3.8) is 0 Å². The van der Waals surface area contributed by atoms with Crippen molar-refractivity contribution in [2.75, 3.05) is 11.9 Å². The van der Waals surface area contributed by atoms with E-state index in [4.69, 9.17) is 23.2 Å². The van der Waals surface area contributed by atoms with Crippen LogP contribution in [0.1, 0.15) is 17.4 Å². The Morgan fingerprint density at radius 1 is 1.26 bits per heavy atom. The van der Waals surface area contributed by atoms with Crippen LogP contribution in [-0.2, 0) is 0 Å². The Bertz CT molecular complexity index is 575. The zero-order valence-electron chi connectivity index (χ0n) is 10.4. The molecule has 2 N–H and O–H groups in total. The van der Waals surface area contributed by atoms with Gasteiger partial charge in [-0.1, -0.05) is 35.3 Å². The average Bonchev–Trinajstić information content (AvgIpc) is 2.36. The Hall–Kier alpha value is -1.29. The molecule has 0 aliphatic carbocycles. The summed E-state index contributed by atoms with van der Waals surface area (Å²) >= 11 is 11.9. The van der Waals surface area contributed by atoms with Crippen LogP contribution in [0.3, 0.4) is 0 Å². The van der Waals surface area contributed by atoms with Crippen LogP contribution in [0.5, 0.6) is 0 Å². The molecule has 0 spiro atoms. The lowest BCUT2D eigenvalue weighted by atomic mass is 10.1. The van der Waals surface area contributed by atoms with Gasteiger partial charge in [-0.25, -0.2) is 4.98 Å². The van der Waals surface area contributed by atoms with Gasteiger partial charge in [-0.3, -0.25) is 0 Å². The number of nitrogens with one attached hydrogen (secondary N) is 1. The van der Waals surface area contributed by atoms with E-state index in [1.165, 1.54) is 0 Å². The third-order valence-corrected chi connectivity index (χ3v) is 3.25. The van der Waals surface area contributed by atoms with Crippen molar-refractivity contribution in [3.05, 3.63) is 57.7 Å². The first-order valence-electron chi connectivity index (χ1n) is 5.87. The van der Waals surface area contributed by atoms with Gasteiger partial charge < -0.3 is 10.4 Å². The fraction of sp³-hybridized carbons (Fsp3) is 0.214. The Balaban J connectivity index is 2.03. The maximum absolute atomic E-state index is 10.1. The molecule has 0 aliphatic rings. The molecule has 1 unspecified atom stereocenters. The molecule has 0 aliphatic heterocycles. The number of hydrogen-bond acceptors (Lipinski definition) is 3. The van der Waals surface area contributed by atoms with Gasteiger partial charge in [0.1, 0.15) is 5.82 Å². The van der Waals surface area contributed by atoms with Crippen LogP contribution in [-0.4, -0.2) is 16.6 Å². The van der Waals surface area contributed by atoms with Crippen molar-refractivity contribution < 1.29 is 5.11 Å². The SMILES string of the molecule is Cc1cccc(NCC(O)c2ccc(Cl)cc2Cl)n1. The summed E-state index contributed by atoms with van der Waals surface area (Å²) in [6, 6.07) is 10.7. The molecule has 0 radical (unpaired) electrons. The smallest absolute Gasteiger partial charge is 0.126 e. The van der Waals surface area contributed by atoms with E-state index in [1.807, 2.05) is 25.1 Å². The number of aliphatic hydroxyl groups excluding tert-OH is 1. The molecule has 0 amide bonds. The second kappa shape index (κ2) is 6.24. The molecule has 19 heavy (non-hydrogen) atoms. The second-order valence-electron chi connectivity index (χ2n) is 4.23. The predicted octanol–water partition coefficient (Wildman–Crippen LogP) is 3.84. The van der Waals surface area contributed by atoms with Crippen LogP contribution in [0.25, 0.3) is 0 Å². The second-order valence-corrected chi connectivity index (χ2v) is 5.07. The predicted molar refractivity (Wildman–Crippen MR) is 78.9 cm³/mol. The zero-order chi connectivity index (χ0) is 13.8. The first-order chi connectivity index (χ1) is 9.06. The topological polar surface area (TPSA) is 45.1 Å². The summed E-state index contributed by atoms with van der Waals surface area (Å²) in [7, 11) is 0. The molecule has 2 rings (SSSR count). The van der Waals surface area contributed by atoms with Crippen molar-refractivity contribution in [3.8, 4) is 0 Å². The first-order valence-corrected chi connectivity index (χ1v) is 6.62. The molecule has 1 aromatic heterocycles. The Labute approximate surface area is 122 Å². The minimum absolute atomic E-state index is 0.331. The highest BCUT2D eigenvalue weighted by molar-refractivity contribution is 6.35. The highest BCUT2D eigenvalue weighted by Gasteiger charge is 2.11.